The second-order valence-corrected chi connectivity index (χ2v) is 5.55. The Morgan fingerprint density at radius 1 is 1.12 bits per heavy atom. The van der Waals surface area contributed by atoms with Crippen LogP contribution in [-0.2, 0) is 13.7 Å². The molecule has 0 aliphatic carbocycles. The largest absolute Gasteiger partial charge is 0.495 e. The topological polar surface area (TPSA) is 75.2 Å². The van der Waals surface area contributed by atoms with Gasteiger partial charge in [-0.3, -0.25) is 4.98 Å². The first-order chi connectivity index (χ1) is 12.2. The molecule has 1 aromatic carbocycles. The van der Waals surface area contributed by atoms with Gasteiger partial charge in [-0.15, -0.1) is 12.4 Å². The molecule has 4 rings (SSSR count). The molecule has 0 N–H and O–H groups in total. The van der Waals surface area contributed by atoms with Gasteiger partial charge in [0, 0.05) is 19.3 Å². The number of nitrogens with zero attached hydrogens (tertiary/aromatic N) is 4. The van der Waals surface area contributed by atoms with E-state index >= 15 is 0 Å². The van der Waals surface area contributed by atoms with E-state index in [-0.39, 0.29) is 12.4 Å². The predicted molar refractivity (Wildman–Crippen MR) is 98.6 cm³/mol. The van der Waals surface area contributed by atoms with E-state index in [4.69, 9.17) is 13.9 Å². The van der Waals surface area contributed by atoms with Gasteiger partial charge in [-0.2, -0.15) is 0 Å². The molecule has 4 aromatic rings. The second-order valence-electron chi connectivity index (χ2n) is 5.55. The Balaban J connectivity index is 0.00000196. The van der Waals surface area contributed by atoms with Crippen LogP contribution in [0.25, 0.3) is 22.7 Å². The Labute approximate surface area is 156 Å². The number of ether oxygens (including phenoxy) is 2. The smallest absolute Gasteiger partial charge is 0.247 e. The zero-order valence-corrected chi connectivity index (χ0v) is 15.1. The highest BCUT2D eigenvalue weighted by Gasteiger charge is 2.11. The molecule has 0 spiro atoms. The van der Waals surface area contributed by atoms with E-state index < -0.39 is 0 Å². The molecule has 0 aliphatic heterocycles. The zero-order chi connectivity index (χ0) is 17.2. The number of halogens is 1. The molecule has 7 nitrogen and oxygen atoms in total. The maximum absolute atomic E-state index is 5.79. The average molecular weight is 373 g/mol. The van der Waals surface area contributed by atoms with Crippen molar-refractivity contribution in [2.75, 3.05) is 7.11 Å². The lowest BCUT2D eigenvalue weighted by Crippen LogP contribution is -1.98. The molecule has 0 saturated heterocycles. The van der Waals surface area contributed by atoms with E-state index in [2.05, 4.69) is 15.0 Å². The Morgan fingerprint density at radius 3 is 2.65 bits per heavy atom. The number of hydrogen-bond donors (Lipinski definition) is 0. The number of benzene rings is 1. The molecule has 3 heterocycles. The molecule has 0 fully saturated rings. The molecular weight excluding hydrogens is 356 g/mol. The van der Waals surface area contributed by atoms with Crippen molar-refractivity contribution < 1.29 is 13.9 Å². The maximum atomic E-state index is 5.79. The third-order valence-electron chi connectivity index (χ3n) is 3.70. The van der Waals surface area contributed by atoms with Gasteiger partial charge < -0.3 is 18.5 Å². The summed E-state index contributed by atoms with van der Waals surface area (Å²) in [6, 6.07) is 9.25. The highest BCUT2D eigenvalue weighted by Crippen LogP contribution is 2.26. The molecule has 0 saturated carbocycles. The van der Waals surface area contributed by atoms with Crippen LogP contribution in [-0.4, -0.2) is 26.6 Å². The van der Waals surface area contributed by atoms with Crippen LogP contribution in [0.4, 0.5) is 0 Å². The lowest BCUT2D eigenvalue weighted by Gasteiger charge is -2.06. The molecular formula is C18H17ClN4O3. The summed E-state index contributed by atoms with van der Waals surface area (Å²) in [6.07, 6.45) is 5.23. The molecule has 8 heteroatoms. The first-order valence-electron chi connectivity index (χ1n) is 7.72. The van der Waals surface area contributed by atoms with Crippen molar-refractivity contribution in [2.24, 2.45) is 7.05 Å². The minimum absolute atomic E-state index is 0. The van der Waals surface area contributed by atoms with Gasteiger partial charge >= 0.3 is 0 Å². The summed E-state index contributed by atoms with van der Waals surface area (Å²) in [7, 11) is 3.51. The number of imidazole rings is 1. The van der Waals surface area contributed by atoms with Crippen molar-refractivity contribution in [1.82, 2.24) is 19.5 Å². The monoisotopic (exact) mass is 372 g/mol. The number of rotatable bonds is 5. The summed E-state index contributed by atoms with van der Waals surface area (Å²) < 4.78 is 18.5. The summed E-state index contributed by atoms with van der Waals surface area (Å²) in [4.78, 5) is 13.0. The summed E-state index contributed by atoms with van der Waals surface area (Å²) in [5, 5.41) is 0. The van der Waals surface area contributed by atoms with E-state index in [1.54, 1.807) is 19.6 Å². The Hall–Kier alpha value is -3.06. The van der Waals surface area contributed by atoms with Crippen molar-refractivity contribution in [3.63, 3.8) is 0 Å². The minimum atomic E-state index is 0. The standard InChI is InChI=1S/C18H16N4O3.ClH/c1-22-9-16(20-11-22)18-21-15-7-13(5-6-17(15)25-18)24-10-12-3-4-14(23-2)8-19-12;/h3-9,11H,10H2,1-2H3;1H. The predicted octanol–water partition coefficient (Wildman–Crippen LogP) is 3.63. The Kier molecular flexibility index (Phi) is 5.09. The average Bonchev–Trinajstić information content (AvgIpc) is 3.25. The number of methoxy groups -OCH3 is 1. The van der Waals surface area contributed by atoms with Gasteiger partial charge in [0.15, 0.2) is 5.58 Å². The van der Waals surface area contributed by atoms with Crippen molar-refractivity contribution in [3.8, 4) is 23.1 Å². The number of aryl methyl sites for hydroxylation is 1. The van der Waals surface area contributed by atoms with Crippen molar-refractivity contribution >= 4 is 23.5 Å². The molecule has 134 valence electrons. The van der Waals surface area contributed by atoms with E-state index in [0.29, 0.717) is 29.5 Å². The Bertz CT molecular complexity index is 1010. The van der Waals surface area contributed by atoms with Crippen LogP contribution in [0.3, 0.4) is 0 Å². The van der Waals surface area contributed by atoms with Crippen LogP contribution in [0.15, 0.2) is 53.5 Å². The highest BCUT2D eigenvalue weighted by molar-refractivity contribution is 5.85. The minimum Gasteiger partial charge on any atom is -0.495 e. The summed E-state index contributed by atoms with van der Waals surface area (Å²) >= 11 is 0. The number of aromatic nitrogens is 4. The molecule has 0 bridgehead atoms. The molecule has 0 aliphatic rings. The number of hydrogen-bond acceptors (Lipinski definition) is 6. The number of oxazole rings is 1. The lowest BCUT2D eigenvalue weighted by molar-refractivity contribution is 0.301. The normalized spacial score (nSPS) is 10.5. The first kappa shape index (κ1) is 17.8. The summed E-state index contributed by atoms with van der Waals surface area (Å²) in [5.74, 6) is 1.91. The van der Waals surface area contributed by atoms with Gasteiger partial charge in [0.1, 0.15) is 29.3 Å². The molecule has 0 unspecified atom stereocenters. The van der Waals surface area contributed by atoms with Crippen LogP contribution < -0.4 is 9.47 Å². The van der Waals surface area contributed by atoms with Crippen LogP contribution in [0.1, 0.15) is 5.69 Å². The highest BCUT2D eigenvalue weighted by atomic mass is 35.5. The van der Waals surface area contributed by atoms with Gasteiger partial charge in [-0.25, -0.2) is 9.97 Å². The Morgan fingerprint density at radius 2 is 1.96 bits per heavy atom. The van der Waals surface area contributed by atoms with E-state index in [0.717, 1.165) is 17.0 Å². The third-order valence-corrected chi connectivity index (χ3v) is 3.70. The van der Waals surface area contributed by atoms with E-state index in [9.17, 15) is 0 Å². The fourth-order valence-corrected chi connectivity index (χ4v) is 2.40. The lowest BCUT2D eigenvalue weighted by atomic mass is 10.3. The summed E-state index contributed by atoms with van der Waals surface area (Å²) in [6.45, 7) is 0.362. The van der Waals surface area contributed by atoms with Crippen LogP contribution in [0.2, 0.25) is 0 Å². The van der Waals surface area contributed by atoms with Crippen molar-refractivity contribution in [2.45, 2.75) is 6.61 Å². The van der Waals surface area contributed by atoms with Gasteiger partial charge in [-0.05, 0) is 24.3 Å². The first-order valence-corrected chi connectivity index (χ1v) is 7.72. The summed E-state index contributed by atoms with van der Waals surface area (Å²) in [5.41, 5.74) is 2.93. The maximum Gasteiger partial charge on any atom is 0.247 e. The van der Waals surface area contributed by atoms with Crippen molar-refractivity contribution in [3.05, 3.63) is 54.7 Å². The van der Waals surface area contributed by atoms with Crippen LogP contribution >= 0.6 is 12.4 Å². The number of pyridine rings is 1. The van der Waals surface area contributed by atoms with Crippen LogP contribution in [0.5, 0.6) is 11.5 Å². The SMILES string of the molecule is COc1ccc(COc2ccc3oc(-c4cn(C)cn4)nc3c2)nc1.Cl. The quantitative estimate of drug-likeness (QED) is 0.532. The zero-order valence-electron chi connectivity index (χ0n) is 14.2. The molecule has 26 heavy (non-hydrogen) atoms. The van der Waals surface area contributed by atoms with E-state index in [1.165, 1.54) is 0 Å². The molecule has 0 amide bonds. The molecule has 0 atom stereocenters. The van der Waals surface area contributed by atoms with E-state index in [1.807, 2.05) is 48.1 Å². The van der Waals surface area contributed by atoms with Gasteiger partial charge in [0.2, 0.25) is 5.89 Å². The molecule has 0 radical (unpaired) electrons. The van der Waals surface area contributed by atoms with Gasteiger partial charge in [-0.1, -0.05) is 0 Å². The fourth-order valence-electron chi connectivity index (χ4n) is 2.40. The second kappa shape index (κ2) is 7.45. The fraction of sp³-hybridized carbons (Fsp3) is 0.167. The number of fused-ring (bicyclic) bond motifs is 1. The molecule has 3 aromatic heterocycles. The van der Waals surface area contributed by atoms with Gasteiger partial charge in [0.25, 0.3) is 0 Å². The third kappa shape index (κ3) is 3.62. The van der Waals surface area contributed by atoms with Crippen molar-refractivity contribution in [1.29, 1.82) is 0 Å². The van der Waals surface area contributed by atoms with Gasteiger partial charge in [0.05, 0.1) is 25.3 Å². The van der Waals surface area contributed by atoms with Crippen LogP contribution in [0, 0.1) is 0 Å².